The average Bonchev–Trinajstić information content (AvgIpc) is 3.23. The van der Waals surface area contributed by atoms with Gasteiger partial charge in [-0.05, 0) is 76.1 Å². The molecule has 0 bridgehead atoms. The Balaban J connectivity index is 1.97. The van der Waals surface area contributed by atoms with E-state index in [0.29, 0.717) is 61.5 Å². The number of halogens is 1. The molecule has 0 aliphatic carbocycles. The van der Waals surface area contributed by atoms with Crippen LogP contribution in [0.15, 0.2) is 57.5 Å². The van der Waals surface area contributed by atoms with Crippen molar-refractivity contribution in [3.05, 3.63) is 83.5 Å². The zero-order valence-corrected chi connectivity index (χ0v) is 25.7. The summed E-state index contributed by atoms with van der Waals surface area (Å²) in [6.07, 6.45) is 3.07. The molecule has 2 aromatic carbocycles. The van der Waals surface area contributed by atoms with Crippen molar-refractivity contribution in [1.82, 2.24) is 4.57 Å². The fourth-order valence-corrected chi connectivity index (χ4v) is 5.92. The molecule has 0 saturated heterocycles. The molecule has 1 aliphatic rings. The monoisotopic (exact) mass is 598 g/mol. The van der Waals surface area contributed by atoms with Gasteiger partial charge in [0.05, 0.1) is 42.2 Å². The first kappa shape index (κ1) is 30.4. The molecule has 41 heavy (non-hydrogen) atoms. The Bertz CT molecular complexity index is 1640. The molecule has 0 fully saturated rings. The number of thiazole rings is 1. The van der Waals surface area contributed by atoms with Crippen LogP contribution in [0.1, 0.15) is 64.6 Å². The fourth-order valence-electron chi connectivity index (χ4n) is 4.72. The number of aromatic nitrogens is 1. The number of esters is 1. The van der Waals surface area contributed by atoms with Gasteiger partial charge >= 0.3 is 5.97 Å². The van der Waals surface area contributed by atoms with E-state index in [9.17, 15) is 9.59 Å². The van der Waals surface area contributed by atoms with E-state index < -0.39 is 12.0 Å². The van der Waals surface area contributed by atoms with Crippen molar-refractivity contribution in [3.8, 4) is 17.2 Å². The minimum absolute atomic E-state index is 0.0156. The first-order valence-corrected chi connectivity index (χ1v) is 14.9. The summed E-state index contributed by atoms with van der Waals surface area (Å²) in [5.74, 6) is 1.20. The molecule has 0 radical (unpaired) electrons. The van der Waals surface area contributed by atoms with Gasteiger partial charge in [0.25, 0.3) is 5.56 Å². The molecule has 1 aromatic heterocycles. The Morgan fingerprint density at radius 1 is 1.10 bits per heavy atom. The maximum atomic E-state index is 14.1. The van der Waals surface area contributed by atoms with Crippen LogP contribution >= 0.6 is 22.9 Å². The van der Waals surface area contributed by atoms with E-state index in [2.05, 4.69) is 0 Å². The Hall–Kier alpha value is -3.56. The van der Waals surface area contributed by atoms with Gasteiger partial charge in [0.15, 0.2) is 16.3 Å². The van der Waals surface area contributed by atoms with Gasteiger partial charge in [0.1, 0.15) is 11.8 Å². The molecule has 1 atom stereocenters. The number of fused-ring (bicyclic) bond motifs is 1. The highest BCUT2D eigenvalue weighted by atomic mass is 35.5. The summed E-state index contributed by atoms with van der Waals surface area (Å²) < 4.78 is 24.8. The predicted octanol–water partition coefficient (Wildman–Crippen LogP) is 5.43. The lowest BCUT2D eigenvalue weighted by atomic mass is 9.93. The molecule has 0 unspecified atom stereocenters. The zero-order valence-electron chi connectivity index (χ0n) is 24.2. The molecule has 0 N–H and O–H groups in total. The maximum absolute atomic E-state index is 14.1. The topological polar surface area (TPSA) is 88.4 Å². The van der Waals surface area contributed by atoms with E-state index in [-0.39, 0.29) is 18.3 Å². The van der Waals surface area contributed by atoms with Gasteiger partial charge in [0.2, 0.25) is 0 Å². The van der Waals surface area contributed by atoms with Crippen LogP contribution in [-0.2, 0) is 9.53 Å². The summed E-state index contributed by atoms with van der Waals surface area (Å²) in [5.41, 5.74) is 1.94. The molecular weight excluding hydrogens is 564 g/mol. The summed E-state index contributed by atoms with van der Waals surface area (Å²) in [4.78, 5) is 32.8. The summed E-state index contributed by atoms with van der Waals surface area (Å²) in [5, 5.41) is 0.451. The van der Waals surface area contributed by atoms with Gasteiger partial charge in [-0.3, -0.25) is 9.36 Å². The van der Waals surface area contributed by atoms with Gasteiger partial charge in [-0.2, -0.15) is 0 Å². The highest BCUT2D eigenvalue weighted by Crippen LogP contribution is 2.38. The first-order valence-electron chi connectivity index (χ1n) is 13.7. The van der Waals surface area contributed by atoms with Crippen LogP contribution < -0.4 is 29.1 Å². The third-order valence-corrected chi connectivity index (χ3v) is 7.52. The van der Waals surface area contributed by atoms with Crippen LogP contribution in [0.4, 0.5) is 0 Å². The molecule has 4 rings (SSSR count). The van der Waals surface area contributed by atoms with Crippen LogP contribution in [0, 0.1) is 0 Å². The van der Waals surface area contributed by atoms with Crippen molar-refractivity contribution in [2.24, 2.45) is 4.99 Å². The van der Waals surface area contributed by atoms with Crippen LogP contribution in [0.25, 0.3) is 6.08 Å². The number of methoxy groups -OCH3 is 1. The number of hydrogen-bond donors (Lipinski definition) is 0. The molecule has 0 saturated carbocycles. The average molecular weight is 599 g/mol. The van der Waals surface area contributed by atoms with Gasteiger partial charge in [0, 0.05) is 10.6 Å². The first-order chi connectivity index (χ1) is 19.7. The third-order valence-electron chi connectivity index (χ3n) is 6.31. The van der Waals surface area contributed by atoms with Gasteiger partial charge < -0.3 is 18.9 Å². The van der Waals surface area contributed by atoms with Crippen LogP contribution in [0.3, 0.4) is 0 Å². The molecule has 3 aromatic rings. The number of carbonyl (C=O) groups excluding carboxylic acids is 1. The number of benzene rings is 2. The second-order valence-electron chi connectivity index (χ2n) is 9.61. The number of nitrogens with zero attached hydrogens (tertiary/aromatic N) is 2. The standard InChI is InChI=1S/C31H35ClN2O6S/c1-7-10-22-27(30(36)39-9-3)28(21-17-20(32)12-14-23(21)37-6)34-29(35)26(41-31(34)33-22)16-19-11-13-24(40-18(4)5)25(15-19)38-8-2/h11-18,28H,7-10H2,1-6H3/b26-16+/t28-/m0/s1. The highest BCUT2D eigenvalue weighted by molar-refractivity contribution is 7.07. The quantitative estimate of drug-likeness (QED) is 0.274. The largest absolute Gasteiger partial charge is 0.496 e. The minimum atomic E-state index is -0.830. The van der Waals surface area contributed by atoms with Gasteiger partial charge in [-0.1, -0.05) is 42.3 Å². The van der Waals surface area contributed by atoms with E-state index >= 15 is 0 Å². The zero-order chi connectivity index (χ0) is 29.7. The number of rotatable bonds is 11. The van der Waals surface area contributed by atoms with Crippen LogP contribution in [0.5, 0.6) is 17.2 Å². The molecule has 218 valence electrons. The molecule has 8 nitrogen and oxygen atoms in total. The van der Waals surface area contributed by atoms with E-state index in [4.69, 9.17) is 35.5 Å². The van der Waals surface area contributed by atoms with E-state index in [1.165, 1.54) is 15.9 Å². The summed E-state index contributed by atoms with van der Waals surface area (Å²) in [6, 6.07) is 9.89. The number of allylic oxidation sites excluding steroid dienone is 1. The van der Waals surface area contributed by atoms with Crippen molar-refractivity contribution in [1.29, 1.82) is 0 Å². The van der Waals surface area contributed by atoms with Crippen LogP contribution in [-0.4, -0.2) is 37.0 Å². The van der Waals surface area contributed by atoms with Gasteiger partial charge in [-0.25, -0.2) is 9.79 Å². The summed E-state index contributed by atoms with van der Waals surface area (Å²) in [7, 11) is 1.54. The number of carbonyl (C=O) groups is 1. The fraction of sp³-hybridized carbons (Fsp3) is 0.387. The lowest BCUT2D eigenvalue weighted by molar-refractivity contribution is -0.139. The van der Waals surface area contributed by atoms with Crippen molar-refractivity contribution in [2.45, 2.75) is 59.6 Å². The molecule has 2 heterocycles. The lowest BCUT2D eigenvalue weighted by Gasteiger charge is -2.27. The number of hydrogen-bond acceptors (Lipinski definition) is 8. The lowest BCUT2D eigenvalue weighted by Crippen LogP contribution is -2.40. The Morgan fingerprint density at radius 3 is 2.51 bits per heavy atom. The highest BCUT2D eigenvalue weighted by Gasteiger charge is 2.36. The van der Waals surface area contributed by atoms with E-state index in [1.807, 2.05) is 45.9 Å². The van der Waals surface area contributed by atoms with Crippen molar-refractivity contribution < 1.29 is 23.7 Å². The SMILES string of the molecule is CCCC1=C(C(=O)OCC)[C@H](c2cc(Cl)ccc2OC)n2c(s/c(=C/c3ccc(OC(C)C)c(OCC)c3)c2=O)=N1. The second kappa shape index (κ2) is 13.4. The normalized spacial score (nSPS) is 15.0. The molecule has 0 spiro atoms. The Kier molecular flexibility index (Phi) is 9.94. The van der Waals surface area contributed by atoms with E-state index in [1.54, 1.807) is 38.3 Å². The minimum Gasteiger partial charge on any atom is -0.496 e. The molecule has 1 aliphatic heterocycles. The second-order valence-corrected chi connectivity index (χ2v) is 11.1. The maximum Gasteiger partial charge on any atom is 0.338 e. The Morgan fingerprint density at radius 2 is 1.85 bits per heavy atom. The summed E-state index contributed by atoms with van der Waals surface area (Å²) >= 11 is 7.68. The summed E-state index contributed by atoms with van der Waals surface area (Å²) in [6.45, 7) is 10.2. The predicted molar refractivity (Wildman–Crippen MR) is 161 cm³/mol. The molecule has 0 amide bonds. The van der Waals surface area contributed by atoms with Gasteiger partial charge in [-0.15, -0.1) is 0 Å². The Labute approximate surface area is 248 Å². The number of ether oxygens (including phenoxy) is 4. The smallest absolute Gasteiger partial charge is 0.338 e. The molecular formula is C31H35ClN2O6S. The van der Waals surface area contributed by atoms with Crippen molar-refractivity contribution >= 4 is 35.0 Å². The van der Waals surface area contributed by atoms with Crippen LogP contribution in [0.2, 0.25) is 5.02 Å². The van der Waals surface area contributed by atoms with Crippen molar-refractivity contribution in [2.75, 3.05) is 20.3 Å². The molecule has 10 heteroatoms. The van der Waals surface area contributed by atoms with Crippen molar-refractivity contribution in [3.63, 3.8) is 0 Å². The van der Waals surface area contributed by atoms with E-state index in [0.717, 1.165) is 12.0 Å². The third kappa shape index (κ3) is 6.52.